The molecule has 1 saturated heterocycles. The molecule has 0 aromatic carbocycles. The van der Waals surface area contributed by atoms with Crippen molar-refractivity contribution in [1.82, 2.24) is 4.90 Å². The van der Waals surface area contributed by atoms with Crippen molar-refractivity contribution in [2.75, 3.05) is 26.3 Å². The predicted molar refractivity (Wildman–Crippen MR) is 64.8 cm³/mol. The van der Waals surface area contributed by atoms with Crippen molar-refractivity contribution < 1.29 is 14.6 Å². The summed E-state index contributed by atoms with van der Waals surface area (Å²) in [4.78, 5) is 13.4. The normalized spacial score (nSPS) is 23.7. The van der Waals surface area contributed by atoms with Crippen LogP contribution in [0.5, 0.6) is 0 Å². The second-order valence-electron chi connectivity index (χ2n) is 5.39. The monoisotopic (exact) mass is 241 g/mol. The van der Waals surface area contributed by atoms with E-state index in [1.54, 1.807) is 4.90 Å². The quantitative estimate of drug-likeness (QED) is 0.806. The Balaban J connectivity index is 1.78. The lowest BCUT2D eigenvalue weighted by atomic mass is 9.68. The van der Waals surface area contributed by atoms with E-state index in [9.17, 15) is 4.79 Å². The van der Waals surface area contributed by atoms with E-state index in [1.165, 1.54) is 32.1 Å². The van der Waals surface area contributed by atoms with Crippen molar-refractivity contribution in [1.29, 1.82) is 0 Å². The molecule has 2 rings (SSSR count). The van der Waals surface area contributed by atoms with Gasteiger partial charge in [0.1, 0.15) is 6.61 Å². The minimum Gasteiger partial charge on any atom is -0.447 e. The Hall–Kier alpha value is -0.770. The fourth-order valence-corrected chi connectivity index (χ4v) is 3.19. The smallest absolute Gasteiger partial charge is 0.409 e. The molecule has 1 spiro atoms. The Bertz CT molecular complexity index is 251. The highest BCUT2D eigenvalue weighted by Gasteiger charge is 2.36. The zero-order valence-electron chi connectivity index (χ0n) is 10.5. The third kappa shape index (κ3) is 3.12. The summed E-state index contributed by atoms with van der Waals surface area (Å²) in [5.41, 5.74) is 0.520. The first-order valence-electron chi connectivity index (χ1n) is 6.78. The maximum atomic E-state index is 11.6. The number of amides is 1. The Morgan fingerprint density at radius 1 is 1.12 bits per heavy atom. The van der Waals surface area contributed by atoms with Gasteiger partial charge >= 0.3 is 6.09 Å². The van der Waals surface area contributed by atoms with E-state index in [-0.39, 0.29) is 19.3 Å². The molecule has 1 aliphatic heterocycles. The lowest BCUT2D eigenvalue weighted by molar-refractivity contribution is 0.0421. The van der Waals surface area contributed by atoms with Crippen molar-refractivity contribution in [2.45, 2.75) is 44.9 Å². The fraction of sp³-hybridized carbons (Fsp3) is 0.923. The van der Waals surface area contributed by atoms with E-state index >= 15 is 0 Å². The zero-order chi connectivity index (χ0) is 12.1. The van der Waals surface area contributed by atoms with Crippen LogP contribution in [-0.2, 0) is 4.74 Å². The van der Waals surface area contributed by atoms with Crippen LogP contribution in [0.3, 0.4) is 0 Å². The molecule has 2 aliphatic rings. The Morgan fingerprint density at radius 2 is 1.76 bits per heavy atom. The van der Waals surface area contributed by atoms with Crippen LogP contribution in [0.15, 0.2) is 0 Å². The number of hydrogen-bond acceptors (Lipinski definition) is 3. The third-order valence-corrected chi connectivity index (χ3v) is 4.31. The van der Waals surface area contributed by atoms with Crippen LogP contribution < -0.4 is 0 Å². The number of carbonyl (C=O) groups excluding carboxylic acids is 1. The van der Waals surface area contributed by atoms with Gasteiger partial charge in [-0.15, -0.1) is 0 Å². The molecular weight excluding hydrogens is 218 g/mol. The van der Waals surface area contributed by atoms with Crippen molar-refractivity contribution >= 4 is 6.09 Å². The van der Waals surface area contributed by atoms with E-state index in [1.807, 2.05) is 0 Å². The van der Waals surface area contributed by atoms with Crippen LogP contribution in [0.4, 0.5) is 4.79 Å². The number of aliphatic hydroxyl groups excluding tert-OH is 1. The number of hydrogen-bond donors (Lipinski definition) is 1. The molecular formula is C13H23NO3. The maximum absolute atomic E-state index is 11.6. The van der Waals surface area contributed by atoms with Gasteiger partial charge in [0.15, 0.2) is 0 Å². The second kappa shape index (κ2) is 5.71. The van der Waals surface area contributed by atoms with Crippen LogP contribution >= 0.6 is 0 Å². The SMILES string of the molecule is O=C(OCCO)N1CCC2(CCCCC2)CC1. The van der Waals surface area contributed by atoms with E-state index < -0.39 is 0 Å². The largest absolute Gasteiger partial charge is 0.447 e. The zero-order valence-corrected chi connectivity index (χ0v) is 10.5. The fourth-order valence-electron chi connectivity index (χ4n) is 3.19. The van der Waals surface area contributed by atoms with Gasteiger partial charge in [0, 0.05) is 13.1 Å². The summed E-state index contributed by atoms with van der Waals surface area (Å²) in [5.74, 6) is 0. The number of rotatable bonds is 2. The van der Waals surface area contributed by atoms with Gasteiger partial charge in [0.05, 0.1) is 6.61 Å². The maximum Gasteiger partial charge on any atom is 0.409 e. The van der Waals surface area contributed by atoms with Gasteiger partial charge in [-0.05, 0) is 31.1 Å². The highest BCUT2D eigenvalue weighted by atomic mass is 16.6. The molecule has 2 fully saturated rings. The molecule has 1 saturated carbocycles. The molecule has 1 N–H and O–H groups in total. The molecule has 0 atom stereocenters. The molecule has 98 valence electrons. The van der Waals surface area contributed by atoms with Gasteiger partial charge in [-0.3, -0.25) is 0 Å². The molecule has 0 unspecified atom stereocenters. The first-order chi connectivity index (χ1) is 8.26. The van der Waals surface area contributed by atoms with Crippen molar-refractivity contribution in [2.24, 2.45) is 5.41 Å². The van der Waals surface area contributed by atoms with Crippen molar-refractivity contribution in [3.05, 3.63) is 0 Å². The third-order valence-electron chi connectivity index (χ3n) is 4.31. The standard InChI is InChI=1S/C13H23NO3/c15-10-11-17-12(16)14-8-6-13(7-9-14)4-2-1-3-5-13/h15H,1-11H2. The van der Waals surface area contributed by atoms with Gasteiger partial charge in [-0.25, -0.2) is 4.79 Å². The van der Waals surface area contributed by atoms with Gasteiger partial charge < -0.3 is 14.7 Å². The Kier molecular flexibility index (Phi) is 4.26. The lowest BCUT2D eigenvalue weighted by Crippen LogP contribution is -2.44. The molecule has 0 radical (unpaired) electrons. The van der Waals surface area contributed by atoms with Crippen LogP contribution in [0.2, 0.25) is 0 Å². The van der Waals surface area contributed by atoms with Crippen LogP contribution in [-0.4, -0.2) is 42.4 Å². The highest BCUT2D eigenvalue weighted by Crippen LogP contribution is 2.44. The van der Waals surface area contributed by atoms with Crippen LogP contribution in [0.25, 0.3) is 0 Å². The Morgan fingerprint density at radius 3 is 2.35 bits per heavy atom. The molecule has 4 nitrogen and oxygen atoms in total. The van der Waals surface area contributed by atoms with Gasteiger partial charge in [-0.1, -0.05) is 19.3 Å². The molecule has 4 heteroatoms. The number of carbonyl (C=O) groups is 1. The average molecular weight is 241 g/mol. The topological polar surface area (TPSA) is 49.8 Å². The molecule has 0 aromatic rings. The number of ether oxygens (including phenoxy) is 1. The van der Waals surface area contributed by atoms with E-state index in [0.29, 0.717) is 5.41 Å². The first kappa shape index (κ1) is 12.7. The summed E-state index contributed by atoms with van der Waals surface area (Å²) >= 11 is 0. The molecule has 1 amide bonds. The van der Waals surface area contributed by atoms with Gasteiger partial charge in [-0.2, -0.15) is 0 Å². The van der Waals surface area contributed by atoms with Crippen LogP contribution in [0.1, 0.15) is 44.9 Å². The summed E-state index contributed by atoms with van der Waals surface area (Å²) in [5, 5.41) is 8.62. The first-order valence-corrected chi connectivity index (χ1v) is 6.78. The summed E-state index contributed by atoms with van der Waals surface area (Å²) in [6.45, 7) is 1.67. The second-order valence-corrected chi connectivity index (χ2v) is 5.39. The van der Waals surface area contributed by atoms with Gasteiger partial charge in [0.25, 0.3) is 0 Å². The molecule has 0 aromatic heterocycles. The molecule has 0 bridgehead atoms. The number of likely N-dealkylation sites (tertiary alicyclic amines) is 1. The van der Waals surface area contributed by atoms with Crippen molar-refractivity contribution in [3.8, 4) is 0 Å². The minimum atomic E-state index is -0.260. The number of piperidine rings is 1. The number of aliphatic hydroxyl groups is 1. The summed E-state index contributed by atoms with van der Waals surface area (Å²) in [7, 11) is 0. The average Bonchev–Trinajstić information content (AvgIpc) is 2.38. The summed E-state index contributed by atoms with van der Waals surface area (Å²) in [6.07, 6.45) is 8.76. The van der Waals surface area contributed by atoms with Gasteiger partial charge in [0.2, 0.25) is 0 Å². The molecule has 1 heterocycles. The molecule has 1 aliphatic carbocycles. The number of nitrogens with zero attached hydrogens (tertiary/aromatic N) is 1. The Labute approximate surface area is 103 Å². The molecule has 17 heavy (non-hydrogen) atoms. The van der Waals surface area contributed by atoms with Crippen molar-refractivity contribution in [3.63, 3.8) is 0 Å². The predicted octanol–water partition coefficient (Wildman–Crippen LogP) is 2.16. The lowest BCUT2D eigenvalue weighted by Gasteiger charge is -2.43. The van der Waals surface area contributed by atoms with E-state index in [2.05, 4.69) is 0 Å². The van der Waals surface area contributed by atoms with E-state index in [4.69, 9.17) is 9.84 Å². The summed E-state index contributed by atoms with van der Waals surface area (Å²) < 4.78 is 4.94. The summed E-state index contributed by atoms with van der Waals surface area (Å²) in [6, 6.07) is 0. The van der Waals surface area contributed by atoms with Crippen LogP contribution in [0, 0.1) is 5.41 Å². The van der Waals surface area contributed by atoms with E-state index in [0.717, 1.165) is 25.9 Å². The minimum absolute atomic E-state index is 0.0937. The highest BCUT2D eigenvalue weighted by molar-refractivity contribution is 5.67.